The number of esters is 1. The second-order valence-electron chi connectivity index (χ2n) is 5.11. The summed E-state index contributed by atoms with van der Waals surface area (Å²) in [6.45, 7) is 4.45. The molecule has 0 aliphatic carbocycles. The van der Waals surface area contributed by atoms with Crippen LogP contribution in [0.15, 0.2) is 36.4 Å². The van der Waals surface area contributed by atoms with Gasteiger partial charge in [0.1, 0.15) is 12.4 Å². The molecule has 0 aliphatic rings. The SMILES string of the molecule is CNc1cccc(C)c1COc1ccc(C(=O)OC)cc1C. The highest BCUT2D eigenvalue weighted by atomic mass is 16.5. The largest absolute Gasteiger partial charge is 0.489 e. The average molecular weight is 299 g/mol. The zero-order valence-corrected chi connectivity index (χ0v) is 13.4. The lowest BCUT2D eigenvalue weighted by molar-refractivity contribution is 0.0600. The Hall–Kier alpha value is -2.49. The van der Waals surface area contributed by atoms with Crippen molar-refractivity contribution in [2.75, 3.05) is 19.5 Å². The maximum Gasteiger partial charge on any atom is 0.337 e. The fourth-order valence-corrected chi connectivity index (χ4v) is 2.33. The van der Waals surface area contributed by atoms with Crippen molar-refractivity contribution in [3.05, 3.63) is 58.7 Å². The van der Waals surface area contributed by atoms with Crippen LogP contribution in [0.3, 0.4) is 0 Å². The molecule has 4 nitrogen and oxygen atoms in total. The molecule has 0 aliphatic heterocycles. The second kappa shape index (κ2) is 6.98. The van der Waals surface area contributed by atoms with Crippen molar-refractivity contribution in [1.82, 2.24) is 0 Å². The molecule has 0 spiro atoms. The first kappa shape index (κ1) is 15.9. The van der Waals surface area contributed by atoms with Crippen molar-refractivity contribution >= 4 is 11.7 Å². The van der Waals surface area contributed by atoms with Gasteiger partial charge < -0.3 is 14.8 Å². The number of nitrogens with one attached hydrogen (secondary N) is 1. The lowest BCUT2D eigenvalue weighted by Crippen LogP contribution is -2.05. The van der Waals surface area contributed by atoms with E-state index < -0.39 is 0 Å². The topological polar surface area (TPSA) is 47.6 Å². The summed E-state index contributed by atoms with van der Waals surface area (Å²) < 4.78 is 10.6. The normalized spacial score (nSPS) is 10.2. The molecule has 116 valence electrons. The first-order chi connectivity index (χ1) is 10.6. The summed E-state index contributed by atoms with van der Waals surface area (Å²) in [5, 5.41) is 3.18. The quantitative estimate of drug-likeness (QED) is 0.855. The van der Waals surface area contributed by atoms with E-state index >= 15 is 0 Å². The monoisotopic (exact) mass is 299 g/mol. The number of aryl methyl sites for hydroxylation is 2. The van der Waals surface area contributed by atoms with Crippen molar-refractivity contribution in [2.45, 2.75) is 20.5 Å². The fraction of sp³-hybridized carbons (Fsp3) is 0.278. The molecule has 0 aromatic heterocycles. The minimum absolute atomic E-state index is 0.342. The summed E-state index contributed by atoms with van der Waals surface area (Å²) in [4.78, 5) is 11.5. The van der Waals surface area contributed by atoms with Crippen LogP contribution in [0.4, 0.5) is 5.69 Å². The number of ether oxygens (including phenoxy) is 2. The summed E-state index contributed by atoms with van der Waals surface area (Å²) in [6, 6.07) is 11.4. The molecule has 0 fully saturated rings. The third-order valence-corrected chi connectivity index (χ3v) is 3.65. The highest BCUT2D eigenvalue weighted by molar-refractivity contribution is 5.89. The van der Waals surface area contributed by atoms with Gasteiger partial charge in [0, 0.05) is 18.3 Å². The molecule has 4 heteroatoms. The predicted octanol–water partition coefficient (Wildman–Crippen LogP) is 3.71. The van der Waals surface area contributed by atoms with E-state index in [1.54, 1.807) is 18.2 Å². The Balaban J connectivity index is 2.17. The number of carbonyl (C=O) groups excluding carboxylic acids is 1. The molecule has 0 saturated heterocycles. The summed E-state index contributed by atoms with van der Waals surface area (Å²) in [5.74, 6) is 0.420. The molecule has 0 unspecified atom stereocenters. The van der Waals surface area contributed by atoms with Crippen LogP contribution in [0.1, 0.15) is 27.0 Å². The van der Waals surface area contributed by atoms with E-state index in [0.717, 1.165) is 22.6 Å². The highest BCUT2D eigenvalue weighted by Gasteiger charge is 2.10. The standard InChI is InChI=1S/C18H21NO3/c1-12-6-5-7-16(19-3)15(12)11-22-17-9-8-14(10-13(17)2)18(20)21-4/h5-10,19H,11H2,1-4H3. The van der Waals surface area contributed by atoms with Gasteiger partial charge in [-0.25, -0.2) is 4.79 Å². The molecule has 0 amide bonds. The molecule has 0 bridgehead atoms. The van der Waals surface area contributed by atoms with E-state index in [2.05, 4.69) is 18.3 Å². The Labute approximate surface area is 131 Å². The third kappa shape index (κ3) is 3.39. The minimum Gasteiger partial charge on any atom is -0.489 e. The van der Waals surface area contributed by atoms with E-state index in [1.807, 2.05) is 26.1 Å². The van der Waals surface area contributed by atoms with Crippen molar-refractivity contribution in [3.63, 3.8) is 0 Å². The molecule has 0 atom stereocenters. The first-order valence-electron chi connectivity index (χ1n) is 7.14. The minimum atomic E-state index is -0.342. The van der Waals surface area contributed by atoms with Gasteiger partial charge in [0.05, 0.1) is 12.7 Å². The van der Waals surface area contributed by atoms with Crippen LogP contribution < -0.4 is 10.1 Å². The van der Waals surface area contributed by atoms with Gasteiger partial charge >= 0.3 is 5.97 Å². The molecular formula is C18H21NO3. The van der Waals surface area contributed by atoms with Gasteiger partial charge in [0.25, 0.3) is 0 Å². The van der Waals surface area contributed by atoms with E-state index in [4.69, 9.17) is 9.47 Å². The number of methoxy groups -OCH3 is 1. The lowest BCUT2D eigenvalue weighted by Gasteiger charge is -2.15. The zero-order valence-electron chi connectivity index (χ0n) is 13.4. The van der Waals surface area contributed by atoms with Crippen LogP contribution >= 0.6 is 0 Å². The summed E-state index contributed by atoms with van der Waals surface area (Å²) in [5.41, 5.74) is 4.79. The van der Waals surface area contributed by atoms with Crippen LogP contribution in [0, 0.1) is 13.8 Å². The molecular weight excluding hydrogens is 278 g/mol. The highest BCUT2D eigenvalue weighted by Crippen LogP contribution is 2.24. The van der Waals surface area contributed by atoms with E-state index in [-0.39, 0.29) is 5.97 Å². The molecule has 2 aromatic carbocycles. The third-order valence-electron chi connectivity index (χ3n) is 3.65. The summed E-state index contributed by atoms with van der Waals surface area (Å²) in [7, 11) is 3.27. The number of hydrogen-bond acceptors (Lipinski definition) is 4. The van der Waals surface area contributed by atoms with Crippen molar-refractivity contribution in [2.24, 2.45) is 0 Å². The molecule has 0 saturated carbocycles. The molecule has 22 heavy (non-hydrogen) atoms. The van der Waals surface area contributed by atoms with E-state index in [0.29, 0.717) is 12.2 Å². The van der Waals surface area contributed by atoms with Crippen molar-refractivity contribution < 1.29 is 14.3 Å². The maximum absolute atomic E-state index is 11.5. The van der Waals surface area contributed by atoms with Gasteiger partial charge in [0.2, 0.25) is 0 Å². The van der Waals surface area contributed by atoms with Gasteiger partial charge in [-0.2, -0.15) is 0 Å². The fourth-order valence-electron chi connectivity index (χ4n) is 2.33. The maximum atomic E-state index is 11.5. The van der Waals surface area contributed by atoms with Crippen molar-refractivity contribution in [3.8, 4) is 5.75 Å². The molecule has 0 radical (unpaired) electrons. The lowest BCUT2D eigenvalue weighted by atomic mass is 10.1. The van der Waals surface area contributed by atoms with Gasteiger partial charge in [-0.05, 0) is 49.2 Å². The second-order valence-corrected chi connectivity index (χ2v) is 5.11. The molecule has 2 rings (SSSR count). The Morgan fingerprint density at radius 2 is 1.91 bits per heavy atom. The van der Waals surface area contributed by atoms with Gasteiger partial charge in [-0.3, -0.25) is 0 Å². The van der Waals surface area contributed by atoms with E-state index in [1.165, 1.54) is 12.7 Å². The van der Waals surface area contributed by atoms with Crippen LogP contribution in [0.2, 0.25) is 0 Å². The van der Waals surface area contributed by atoms with E-state index in [9.17, 15) is 4.79 Å². The smallest absolute Gasteiger partial charge is 0.337 e. The number of benzene rings is 2. The van der Waals surface area contributed by atoms with Gasteiger partial charge in [-0.15, -0.1) is 0 Å². The Kier molecular flexibility index (Phi) is 5.04. The summed E-state index contributed by atoms with van der Waals surface area (Å²) in [6.07, 6.45) is 0. The Morgan fingerprint density at radius 3 is 2.55 bits per heavy atom. The Bertz CT molecular complexity index is 680. The van der Waals surface area contributed by atoms with Crippen molar-refractivity contribution in [1.29, 1.82) is 0 Å². The van der Waals surface area contributed by atoms with Crippen LogP contribution in [-0.4, -0.2) is 20.1 Å². The summed E-state index contributed by atoms with van der Waals surface area (Å²) >= 11 is 0. The Morgan fingerprint density at radius 1 is 1.14 bits per heavy atom. The number of anilines is 1. The number of hydrogen-bond donors (Lipinski definition) is 1. The first-order valence-corrected chi connectivity index (χ1v) is 7.14. The molecule has 2 aromatic rings. The molecule has 1 N–H and O–H groups in total. The van der Waals surface area contributed by atoms with Gasteiger partial charge in [-0.1, -0.05) is 12.1 Å². The molecule has 0 heterocycles. The number of carbonyl (C=O) groups is 1. The van der Waals surface area contributed by atoms with Crippen LogP contribution in [-0.2, 0) is 11.3 Å². The van der Waals surface area contributed by atoms with Crippen LogP contribution in [0.5, 0.6) is 5.75 Å². The zero-order chi connectivity index (χ0) is 16.1. The predicted molar refractivity (Wildman–Crippen MR) is 87.6 cm³/mol. The van der Waals surface area contributed by atoms with Gasteiger partial charge in [0.15, 0.2) is 0 Å². The average Bonchev–Trinajstić information content (AvgIpc) is 2.53. The van der Waals surface area contributed by atoms with Crippen LogP contribution in [0.25, 0.3) is 0 Å². The number of rotatable bonds is 5.